The molecule has 10 fully saturated rings. The Morgan fingerprint density at radius 3 is 1.29 bits per heavy atom. The van der Waals surface area contributed by atoms with Gasteiger partial charge >= 0.3 is 176 Å². The van der Waals surface area contributed by atoms with E-state index in [2.05, 4.69) is 86.5 Å². The molecule has 10 saturated heterocycles. The summed E-state index contributed by atoms with van der Waals surface area (Å²) in [6, 6.07) is 18.9. The first kappa shape index (κ1) is 14.7. The minimum absolute atomic E-state index is 0.910. The molecule has 0 amide bonds. The predicted octanol–water partition coefficient (Wildman–Crippen LogP) is 6.73. The van der Waals surface area contributed by atoms with E-state index >= 15 is 0 Å². The van der Waals surface area contributed by atoms with Crippen LogP contribution in [-0.4, -0.2) is 28.2 Å². The van der Waals surface area contributed by atoms with Gasteiger partial charge in [-0.2, -0.15) is 0 Å². The van der Waals surface area contributed by atoms with Crippen LogP contribution in [0.3, 0.4) is 0 Å². The van der Waals surface area contributed by atoms with E-state index < -0.39 is 6.51 Å². The van der Waals surface area contributed by atoms with Crippen molar-refractivity contribution >= 4 is 11.4 Å². The van der Waals surface area contributed by atoms with Crippen molar-refractivity contribution in [3.05, 3.63) is 59.7 Å². The second-order valence-electron chi connectivity index (χ2n) is 15.5. The van der Waals surface area contributed by atoms with Crippen LogP contribution in [0, 0.1) is 0 Å². The molecular weight excluding hydrogens is 420 g/mol. The molecule has 2 nitrogen and oxygen atoms in total. The van der Waals surface area contributed by atoms with Gasteiger partial charge in [-0.15, -0.1) is 0 Å². The Hall–Kier alpha value is -1.44. The van der Waals surface area contributed by atoms with Crippen LogP contribution in [0.2, 0.25) is 47.2 Å². The van der Waals surface area contributed by atoms with Gasteiger partial charge in [-0.25, -0.2) is 0 Å². The van der Waals surface area contributed by atoms with Crippen LogP contribution >= 0.6 is 0 Å². The number of para-hydroxylation sites is 2. The molecule has 1 spiro atoms. The molecule has 0 N–H and O–H groups in total. The molecule has 3 heteroatoms. The molecule has 12 rings (SSSR count). The number of fused-ring (bicyclic) bond motifs is 10. The van der Waals surface area contributed by atoms with Crippen molar-refractivity contribution in [2.75, 3.05) is 38.0 Å². The first-order valence-electron chi connectivity index (χ1n) is 12.4. The summed E-state index contributed by atoms with van der Waals surface area (Å²) >= 11 is 0. The van der Waals surface area contributed by atoms with Crippen LogP contribution in [0.4, 0.5) is 11.4 Å². The summed E-state index contributed by atoms with van der Waals surface area (Å²) in [4.78, 5) is 15.5. The van der Waals surface area contributed by atoms with E-state index in [1.807, 2.05) is 0 Å². The molecule has 0 aliphatic carbocycles. The number of hydrogen-bond donors (Lipinski definition) is 0. The maximum absolute atomic E-state index is 3.42. The van der Waals surface area contributed by atoms with Crippen molar-refractivity contribution in [2.24, 2.45) is 0 Å². The second kappa shape index (κ2) is 1.87. The third-order valence-electron chi connectivity index (χ3n) is 19.3. The Balaban J connectivity index is 1.10. The first-order valence-corrected chi connectivity index (χ1v) is 18.7. The Labute approximate surface area is 175 Å². The molecule has 0 bridgehead atoms. The minimum atomic E-state index is -3.42. The van der Waals surface area contributed by atoms with Crippen molar-refractivity contribution < 1.29 is 6.51 Å². The zero-order chi connectivity index (χ0) is 20.5. The molecule has 2 aromatic rings. The monoisotopic (exact) mass is 452 g/mol. The van der Waals surface area contributed by atoms with Gasteiger partial charge in [-0.05, 0) is 0 Å². The normalized spacial score (nSPS) is 72.8. The van der Waals surface area contributed by atoms with Crippen LogP contribution < -0.4 is 9.80 Å². The fourth-order valence-corrected chi connectivity index (χ4v) is 98.7. The van der Waals surface area contributed by atoms with Gasteiger partial charge in [-0.1, -0.05) is 0 Å². The van der Waals surface area contributed by atoms with Crippen molar-refractivity contribution in [1.29, 1.82) is 0 Å². The van der Waals surface area contributed by atoms with E-state index in [1.54, 1.807) is 11.1 Å². The Morgan fingerprint density at radius 1 is 0.613 bits per heavy atom. The van der Waals surface area contributed by atoms with Crippen LogP contribution in [0.25, 0.3) is 0 Å². The first-order chi connectivity index (χ1) is 14.7. The Kier molecular flexibility index (Phi) is 0.886. The van der Waals surface area contributed by atoms with Crippen LogP contribution in [0.15, 0.2) is 48.5 Å². The van der Waals surface area contributed by atoms with Gasteiger partial charge in [0.1, 0.15) is 0 Å². The summed E-state index contributed by atoms with van der Waals surface area (Å²) in [6.07, 6.45) is 2.96. The number of benzene rings is 2. The summed E-state index contributed by atoms with van der Waals surface area (Å²) in [5.41, 5.74) is 6.41. The number of anilines is 2. The standard InChI is InChI=1S/2C14H16N.Fe/c2*1-15(2)14-10-6-5-9-13(14)11-12-7-3-4-8-12;/h2*3-10H,11H2,1-2H3;. The van der Waals surface area contributed by atoms with E-state index in [4.69, 9.17) is 0 Å². The van der Waals surface area contributed by atoms with Gasteiger partial charge in [-0.3, -0.25) is 0 Å². The van der Waals surface area contributed by atoms with E-state index in [0.717, 1.165) is 8.63 Å². The molecule has 8 unspecified atom stereocenters. The second-order valence-corrected chi connectivity index (χ2v) is 38.9. The van der Waals surface area contributed by atoms with Gasteiger partial charge in [0.2, 0.25) is 0 Å². The molecule has 10 aliphatic rings. The molecule has 0 saturated carbocycles. The summed E-state index contributed by atoms with van der Waals surface area (Å²) < 4.78 is 1.82. The number of hydrogen-bond acceptors (Lipinski definition) is 2. The van der Waals surface area contributed by atoms with E-state index in [-0.39, 0.29) is 0 Å². The van der Waals surface area contributed by atoms with E-state index in [1.165, 1.54) is 62.7 Å². The van der Waals surface area contributed by atoms with Gasteiger partial charge in [0.25, 0.3) is 0 Å². The van der Waals surface area contributed by atoms with Gasteiger partial charge in [0.15, 0.2) is 0 Å². The van der Waals surface area contributed by atoms with Crippen LogP contribution in [0.1, 0.15) is 11.1 Å². The summed E-state index contributed by atoms with van der Waals surface area (Å²) in [6.45, 7) is -3.42. The molecular formula is C28H32FeN2. The average molecular weight is 452 g/mol. The third-order valence-corrected chi connectivity index (χ3v) is 63.3. The summed E-state index contributed by atoms with van der Waals surface area (Å²) in [7, 11) is 8.99. The molecule has 2 aromatic carbocycles. The number of rotatable bonds is 6. The van der Waals surface area contributed by atoms with Crippen molar-refractivity contribution in [2.45, 2.75) is 60.0 Å². The predicted molar refractivity (Wildman–Crippen MR) is 124 cm³/mol. The average Bonchev–Trinajstić information content (AvgIpc) is 3.70. The van der Waals surface area contributed by atoms with Crippen molar-refractivity contribution in [3.8, 4) is 0 Å². The number of nitrogens with zero attached hydrogens (tertiary/aromatic N) is 2. The SMILES string of the molecule is CN(C)c1ccccc1C[C]12[CH]3[CH]4[CH]5[CH]1[Fe]45321678[CH]2[CH]1[CH]6[C]7(Cc1ccccc1N(C)C)[CH]28. The maximum atomic E-state index is 2.50. The van der Waals surface area contributed by atoms with Crippen molar-refractivity contribution in [3.63, 3.8) is 0 Å². The molecule has 10 heterocycles. The Morgan fingerprint density at radius 2 is 0.968 bits per heavy atom. The van der Waals surface area contributed by atoms with E-state index in [0.29, 0.717) is 0 Å². The van der Waals surface area contributed by atoms with Crippen LogP contribution in [-0.2, 0) is 19.4 Å². The summed E-state index contributed by atoms with van der Waals surface area (Å²) in [5.74, 6) is 0. The van der Waals surface area contributed by atoms with Gasteiger partial charge < -0.3 is 0 Å². The zero-order valence-electron chi connectivity index (χ0n) is 18.9. The molecule has 31 heavy (non-hydrogen) atoms. The van der Waals surface area contributed by atoms with E-state index in [9.17, 15) is 0 Å². The Bertz CT molecular complexity index is 1590. The fraction of sp³-hybridized carbons (Fsp3) is 0.571. The third kappa shape index (κ3) is 0.288. The van der Waals surface area contributed by atoms with Crippen molar-refractivity contribution in [1.82, 2.24) is 0 Å². The fourth-order valence-electron chi connectivity index (χ4n) is 21.2. The zero-order valence-corrected chi connectivity index (χ0v) is 20.0. The quantitative estimate of drug-likeness (QED) is 0.448. The molecule has 8 atom stereocenters. The molecule has 0 radical (unpaired) electrons. The summed E-state index contributed by atoms with van der Waals surface area (Å²) in [5, 5.41) is 0. The van der Waals surface area contributed by atoms with Gasteiger partial charge in [0.05, 0.1) is 0 Å². The van der Waals surface area contributed by atoms with Crippen LogP contribution in [0.5, 0.6) is 0 Å². The van der Waals surface area contributed by atoms with Gasteiger partial charge in [0, 0.05) is 0 Å². The molecule has 0 aromatic heterocycles. The molecule has 10 aliphatic heterocycles. The topological polar surface area (TPSA) is 6.48 Å². The molecule has 162 valence electrons.